The van der Waals surface area contributed by atoms with Crippen LogP contribution in [-0.4, -0.2) is 23.4 Å². The highest BCUT2D eigenvalue weighted by molar-refractivity contribution is 5.08. The van der Waals surface area contributed by atoms with Gasteiger partial charge in [-0.15, -0.1) is 0 Å². The molecule has 0 bridgehead atoms. The second-order valence-electron chi connectivity index (χ2n) is 3.61. The first-order valence-electron chi connectivity index (χ1n) is 3.30. The van der Waals surface area contributed by atoms with Gasteiger partial charge in [0.05, 0.1) is 0 Å². The van der Waals surface area contributed by atoms with Gasteiger partial charge in [-0.05, 0) is 17.3 Å². The molecule has 0 spiro atoms. The SMILES string of the molecule is C[C@@]1(CO)C[C@@]1(C)CO. The summed E-state index contributed by atoms with van der Waals surface area (Å²) in [5, 5.41) is 17.6. The fourth-order valence-corrected chi connectivity index (χ4v) is 1.31. The number of hydrogen-bond acceptors (Lipinski definition) is 2. The molecule has 9 heavy (non-hydrogen) atoms. The molecule has 2 atom stereocenters. The van der Waals surface area contributed by atoms with Gasteiger partial charge in [-0.1, -0.05) is 13.8 Å². The van der Waals surface area contributed by atoms with Crippen LogP contribution in [0.5, 0.6) is 0 Å². The molecule has 2 N–H and O–H groups in total. The molecule has 1 fully saturated rings. The third kappa shape index (κ3) is 0.775. The van der Waals surface area contributed by atoms with E-state index in [2.05, 4.69) is 0 Å². The summed E-state index contributed by atoms with van der Waals surface area (Å²) in [6.45, 7) is 4.40. The van der Waals surface area contributed by atoms with E-state index in [9.17, 15) is 0 Å². The van der Waals surface area contributed by atoms with E-state index < -0.39 is 0 Å². The number of aliphatic hydroxyl groups excluding tert-OH is 2. The molecule has 0 aromatic carbocycles. The molecule has 0 heterocycles. The predicted octanol–water partition coefficient (Wildman–Crippen LogP) is 0.387. The maximum absolute atomic E-state index is 8.82. The van der Waals surface area contributed by atoms with Crippen molar-refractivity contribution in [2.45, 2.75) is 20.3 Å². The Morgan fingerprint density at radius 3 is 1.56 bits per heavy atom. The van der Waals surface area contributed by atoms with Crippen LogP contribution in [-0.2, 0) is 0 Å². The molecule has 2 nitrogen and oxygen atoms in total. The molecular weight excluding hydrogens is 116 g/mol. The minimum Gasteiger partial charge on any atom is -0.396 e. The van der Waals surface area contributed by atoms with Crippen molar-refractivity contribution in [1.82, 2.24) is 0 Å². The molecule has 1 saturated carbocycles. The van der Waals surface area contributed by atoms with Crippen molar-refractivity contribution in [3.8, 4) is 0 Å². The zero-order chi connectivity index (χ0) is 7.12. The van der Waals surface area contributed by atoms with E-state index in [1.165, 1.54) is 0 Å². The molecular formula is C7H14O2. The van der Waals surface area contributed by atoms with E-state index >= 15 is 0 Å². The fraction of sp³-hybridized carbons (Fsp3) is 1.00. The number of hydrogen-bond donors (Lipinski definition) is 2. The van der Waals surface area contributed by atoms with E-state index in [1.807, 2.05) is 13.8 Å². The van der Waals surface area contributed by atoms with Crippen LogP contribution in [0.3, 0.4) is 0 Å². The molecule has 0 aromatic rings. The maximum atomic E-state index is 8.82. The number of aliphatic hydroxyl groups is 2. The molecule has 0 aliphatic heterocycles. The van der Waals surface area contributed by atoms with Crippen molar-refractivity contribution in [2.75, 3.05) is 13.2 Å². The Hall–Kier alpha value is -0.0800. The smallest absolute Gasteiger partial charge is 0.0491 e. The van der Waals surface area contributed by atoms with Crippen LogP contribution >= 0.6 is 0 Å². The summed E-state index contributed by atoms with van der Waals surface area (Å²) in [5.74, 6) is 0. The molecule has 1 rings (SSSR count). The lowest BCUT2D eigenvalue weighted by molar-refractivity contribution is 0.141. The largest absolute Gasteiger partial charge is 0.396 e. The van der Waals surface area contributed by atoms with Crippen molar-refractivity contribution in [3.63, 3.8) is 0 Å². The Labute approximate surface area is 55.5 Å². The minimum atomic E-state index is 0.00174. The van der Waals surface area contributed by atoms with E-state index in [0.717, 1.165) is 6.42 Å². The number of rotatable bonds is 2. The van der Waals surface area contributed by atoms with Gasteiger partial charge < -0.3 is 10.2 Å². The Kier molecular flexibility index (Phi) is 1.33. The second-order valence-corrected chi connectivity index (χ2v) is 3.61. The lowest BCUT2D eigenvalue weighted by Gasteiger charge is -2.12. The Morgan fingerprint density at radius 1 is 1.11 bits per heavy atom. The highest BCUT2D eigenvalue weighted by Gasteiger charge is 2.59. The van der Waals surface area contributed by atoms with Crippen LogP contribution in [0.1, 0.15) is 20.3 Å². The third-order valence-electron chi connectivity index (χ3n) is 2.81. The molecule has 0 radical (unpaired) electrons. The van der Waals surface area contributed by atoms with E-state index in [1.54, 1.807) is 0 Å². The summed E-state index contributed by atoms with van der Waals surface area (Å²) in [5.41, 5.74) is 0.00347. The Bertz CT molecular complexity index is 110. The molecule has 1 aliphatic rings. The summed E-state index contributed by atoms with van der Waals surface area (Å²) in [6.07, 6.45) is 0.951. The third-order valence-corrected chi connectivity index (χ3v) is 2.81. The topological polar surface area (TPSA) is 40.5 Å². The van der Waals surface area contributed by atoms with Gasteiger partial charge >= 0.3 is 0 Å². The van der Waals surface area contributed by atoms with Gasteiger partial charge in [0, 0.05) is 13.2 Å². The molecule has 54 valence electrons. The summed E-state index contributed by atoms with van der Waals surface area (Å²) in [6, 6.07) is 0. The first-order chi connectivity index (χ1) is 4.08. The van der Waals surface area contributed by atoms with Gasteiger partial charge in [0.15, 0.2) is 0 Å². The summed E-state index contributed by atoms with van der Waals surface area (Å²) in [7, 11) is 0. The maximum Gasteiger partial charge on any atom is 0.0491 e. The normalized spacial score (nSPS) is 49.3. The molecule has 0 amide bonds. The summed E-state index contributed by atoms with van der Waals surface area (Å²) < 4.78 is 0. The Morgan fingerprint density at radius 2 is 1.44 bits per heavy atom. The quantitative estimate of drug-likeness (QED) is 0.567. The lowest BCUT2D eigenvalue weighted by Crippen LogP contribution is -2.15. The zero-order valence-corrected chi connectivity index (χ0v) is 6.02. The zero-order valence-electron chi connectivity index (χ0n) is 6.02. The predicted molar refractivity (Wildman–Crippen MR) is 35.0 cm³/mol. The van der Waals surface area contributed by atoms with Crippen LogP contribution in [0.15, 0.2) is 0 Å². The molecule has 0 saturated heterocycles. The van der Waals surface area contributed by atoms with Gasteiger partial charge in [-0.3, -0.25) is 0 Å². The van der Waals surface area contributed by atoms with Crippen LogP contribution in [0.4, 0.5) is 0 Å². The monoisotopic (exact) mass is 130 g/mol. The lowest BCUT2D eigenvalue weighted by atomic mass is 9.98. The van der Waals surface area contributed by atoms with E-state index in [4.69, 9.17) is 10.2 Å². The molecule has 2 heteroatoms. The van der Waals surface area contributed by atoms with Gasteiger partial charge in [0.1, 0.15) is 0 Å². The molecule has 1 aliphatic carbocycles. The standard InChI is InChI=1S/C7H14O2/c1-6(4-8)3-7(6,2)5-9/h8-9H,3-5H2,1-2H3/t6-,7-/m0/s1. The van der Waals surface area contributed by atoms with Crippen LogP contribution < -0.4 is 0 Å². The van der Waals surface area contributed by atoms with E-state index in [0.29, 0.717) is 0 Å². The fourth-order valence-electron chi connectivity index (χ4n) is 1.31. The minimum absolute atomic E-state index is 0.00174. The summed E-state index contributed by atoms with van der Waals surface area (Å²) in [4.78, 5) is 0. The van der Waals surface area contributed by atoms with Crippen molar-refractivity contribution >= 4 is 0 Å². The average molecular weight is 130 g/mol. The van der Waals surface area contributed by atoms with Crippen LogP contribution in [0.2, 0.25) is 0 Å². The first kappa shape index (κ1) is 7.03. The molecule has 0 aromatic heterocycles. The van der Waals surface area contributed by atoms with Crippen LogP contribution in [0.25, 0.3) is 0 Å². The van der Waals surface area contributed by atoms with Crippen molar-refractivity contribution in [3.05, 3.63) is 0 Å². The highest BCUT2D eigenvalue weighted by atomic mass is 16.3. The highest BCUT2D eigenvalue weighted by Crippen LogP contribution is 2.62. The van der Waals surface area contributed by atoms with Crippen molar-refractivity contribution in [1.29, 1.82) is 0 Å². The van der Waals surface area contributed by atoms with E-state index in [-0.39, 0.29) is 24.0 Å². The van der Waals surface area contributed by atoms with Gasteiger partial charge in [-0.25, -0.2) is 0 Å². The summed E-state index contributed by atoms with van der Waals surface area (Å²) >= 11 is 0. The van der Waals surface area contributed by atoms with Crippen molar-refractivity contribution < 1.29 is 10.2 Å². The van der Waals surface area contributed by atoms with Crippen molar-refractivity contribution in [2.24, 2.45) is 10.8 Å². The first-order valence-corrected chi connectivity index (χ1v) is 3.30. The van der Waals surface area contributed by atoms with Crippen LogP contribution in [0, 0.1) is 10.8 Å². The second kappa shape index (κ2) is 1.70. The molecule has 0 unspecified atom stereocenters. The van der Waals surface area contributed by atoms with Gasteiger partial charge in [-0.2, -0.15) is 0 Å². The Balaban J connectivity index is 2.54. The van der Waals surface area contributed by atoms with Gasteiger partial charge in [0.25, 0.3) is 0 Å². The average Bonchev–Trinajstić information content (AvgIpc) is 2.39. The van der Waals surface area contributed by atoms with Gasteiger partial charge in [0.2, 0.25) is 0 Å².